The number of Topliss-reactive ketones (excluding diaryl/α,β-unsaturated/α-hetero) is 1. The molecule has 19 heteroatoms. The number of carbonyl (C=O) groups is 1. The lowest BCUT2D eigenvalue weighted by Crippen LogP contribution is -2.64. The van der Waals surface area contributed by atoms with Gasteiger partial charge in [0, 0.05) is 30.1 Å². The van der Waals surface area contributed by atoms with E-state index in [-0.39, 0.29) is 65.5 Å². The predicted octanol–water partition coefficient (Wildman–Crippen LogP) is -1.57. The molecular formula is C45H74O19. The Bertz CT molecular complexity index is 1620. The molecule has 0 bridgehead atoms. The molecule has 4 aliphatic heterocycles. The molecule has 0 aromatic heterocycles. The number of carbonyl (C=O) groups excluding carboxylic acids is 1. The fraction of sp³-hybridized carbons (Fsp3) is 0.978. The molecule has 4 saturated carbocycles. The van der Waals surface area contributed by atoms with Crippen LogP contribution in [0.15, 0.2) is 0 Å². The van der Waals surface area contributed by atoms with Gasteiger partial charge in [0.1, 0.15) is 72.9 Å². The standard InChI is InChI=1S/C45H74O19/c1-18(17-58-40-36(54)34(52)32(50)27(15-46)61-40)8-11-45(57)19(2)30-26(64-45)13-25-23-7-6-21-12-22(9-10-43(21,4)24(23)14-29(48)44(25,30)5)60-42-38(56)35(53)39(28(16-47)62-42)63-41-37(55)33(51)31(49)20(3)59-41/h18-28,30-42,46-47,49-57H,6-17H2,1-5H3/t18-,19-,20-,21+,22-,23+,24-,25-,26-,27+,28+,30-,31-,32+,33+,34-,35+,36+,37+,38+,39+,40+,41-,42+,43-,44+,45+/m0/s1. The zero-order valence-corrected chi connectivity index (χ0v) is 37.5. The molecule has 4 heterocycles. The molecule has 27 atom stereocenters. The summed E-state index contributed by atoms with van der Waals surface area (Å²) in [6.07, 6.45) is -15.6. The van der Waals surface area contributed by atoms with Crippen LogP contribution < -0.4 is 0 Å². The number of rotatable bonds is 12. The van der Waals surface area contributed by atoms with E-state index in [1.165, 1.54) is 6.92 Å². The van der Waals surface area contributed by atoms with Crippen molar-refractivity contribution in [2.24, 2.45) is 52.3 Å². The van der Waals surface area contributed by atoms with Crippen LogP contribution in [0.1, 0.15) is 92.4 Å². The third-order valence-electron chi connectivity index (χ3n) is 17.8. The van der Waals surface area contributed by atoms with Crippen LogP contribution >= 0.6 is 0 Å². The maximum atomic E-state index is 14.7. The molecular weight excluding hydrogens is 844 g/mol. The van der Waals surface area contributed by atoms with Crippen molar-refractivity contribution in [1.29, 1.82) is 0 Å². The minimum Gasteiger partial charge on any atom is -0.394 e. The van der Waals surface area contributed by atoms with Gasteiger partial charge in [-0.3, -0.25) is 4.79 Å². The Morgan fingerprint density at radius 2 is 1.38 bits per heavy atom. The highest BCUT2D eigenvalue weighted by atomic mass is 16.7. The van der Waals surface area contributed by atoms with Gasteiger partial charge in [-0.2, -0.15) is 0 Å². The molecule has 0 amide bonds. The van der Waals surface area contributed by atoms with Crippen molar-refractivity contribution in [3.63, 3.8) is 0 Å². The van der Waals surface area contributed by atoms with E-state index in [1.807, 2.05) is 13.8 Å². The van der Waals surface area contributed by atoms with Gasteiger partial charge in [-0.1, -0.05) is 27.7 Å². The lowest BCUT2D eigenvalue weighted by Gasteiger charge is -2.60. The minimum atomic E-state index is -1.66. The largest absolute Gasteiger partial charge is 0.394 e. The second-order valence-corrected chi connectivity index (χ2v) is 21.3. The van der Waals surface area contributed by atoms with Crippen LogP contribution in [0.25, 0.3) is 0 Å². The number of ether oxygens (including phenoxy) is 7. The van der Waals surface area contributed by atoms with E-state index in [4.69, 9.17) is 33.2 Å². The molecule has 0 spiro atoms. The SMILES string of the molecule is C[C@@H](CC[C@@]1(O)O[C@H]2C[C@H]3[C@@H]4CC[C@@H]5C[C@@H](O[C@@H]6O[C@H](CO)[C@@H](O[C@@H]7O[C@@H](C)[C@H](O)[C@@H](O)[C@H]7O)[C@H](O)[C@H]6O)CC[C@]5(C)[C@H]4CC(=O)[C@]3(C)[C@H]2[C@@H]1C)CO[C@@H]1O[C@H](CO)[C@@H](O)[C@H](O)[C@H]1O. The van der Waals surface area contributed by atoms with Crippen molar-refractivity contribution in [3.05, 3.63) is 0 Å². The predicted molar refractivity (Wildman–Crippen MR) is 218 cm³/mol. The molecule has 11 N–H and O–H groups in total. The topological polar surface area (TPSA) is 304 Å². The summed E-state index contributed by atoms with van der Waals surface area (Å²) < 4.78 is 41.4. The summed E-state index contributed by atoms with van der Waals surface area (Å²) in [6.45, 7) is 8.75. The Morgan fingerprint density at radius 1 is 0.734 bits per heavy atom. The van der Waals surface area contributed by atoms with Crippen molar-refractivity contribution in [2.75, 3.05) is 19.8 Å². The molecule has 8 fully saturated rings. The van der Waals surface area contributed by atoms with Crippen molar-refractivity contribution >= 4 is 5.78 Å². The molecule has 0 radical (unpaired) electrons. The number of aliphatic hydroxyl groups excluding tert-OH is 10. The summed E-state index contributed by atoms with van der Waals surface area (Å²) in [4.78, 5) is 14.7. The second-order valence-electron chi connectivity index (χ2n) is 21.3. The van der Waals surface area contributed by atoms with Crippen molar-refractivity contribution in [2.45, 2.75) is 203 Å². The number of aliphatic hydroxyl groups is 11. The lowest BCUT2D eigenvalue weighted by atomic mass is 9.44. The van der Waals surface area contributed by atoms with E-state index < -0.39 is 117 Å². The van der Waals surface area contributed by atoms with Gasteiger partial charge in [0.05, 0.1) is 38.1 Å². The van der Waals surface area contributed by atoms with Gasteiger partial charge in [-0.05, 0) is 86.9 Å². The maximum Gasteiger partial charge on any atom is 0.187 e. The monoisotopic (exact) mass is 918 g/mol. The normalized spacial score (nSPS) is 55.6. The first-order valence-corrected chi connectivity index (χ1v) is 23.7. The highest BCUT2D eigenvalue weighted by Gasteiger charge is 2.71. The number of hydrogen-bond acceptors (Lipinski definition) is 19. The van der Waals surface area contributed by atoms with E-state index in [9.17, 15) is 61.0 Å². The Balaban J connectivity index is 0.854. The van der Waals surface area contributed by atoms with E-state index in [0.717, 1.165) is 19.3 Å². The third kappa shape index (κ3) is 8.35. The van der Waals surface area contributed by atoms with Crippen molar-refractivity contribution in [3.8, 4) is 0 Å². The molecule has 4 saturated heterocycles. The van der Waals surface area contributed by atoms with Crippen LogP contribution in [0, 0.1) is 52.3 Å². The summed E-state index contributed by atoms with van der Waals surface area (Å²) in [6, 6.07) is 0. The molecule has 368 valence electrons. The van der Waals surface area contributed by atoms with E-state index in [2.05, 4.69) is 13.8 Å². The average molecular weight is 919 g/mol. The minimum absolute atomic E-state index is 0.105. The number of fused-ring (bicyclic) bond motifs is 7. The second kappa shape index (κ2) is 18.7. The summed E-state index contributed by atoms with van der Waals surface area (Å²) in [7, 11) is 0. The molecule has 8 rings (SSSR count). The van der Waals surface area contributed by atoms with Crippen LogP contribution in [-0.4, -0.2) is 192 Å². The van der Waals surface area contributed by atoms with Gasteiger partial charge in [-0.25, -0.2) is 0 Å². The zero-order chi connectivity index (χ0) is 46.4. The number of ketones is 1. The molecule has 0 aromatic carbocycles. The van der Waals surface area contributed by atoms with Gasteiger partial charge >= 0.3 is 0 Å². The van der Waals surface area contributed by atoms with E-state index in [1.54, 1.807) is 0 Å². The van der Waals surface area contributed by atoms with Gasteiger partial charge in [-0.15, -0.1) is 0 Å². The average Bonchev–Trinajstić information content (AvgIpc) is 3.71. The zero-order valence-electron chi connectivity index (χ0n) is 37.5. The van der Waals surface area contributed by atoms with Crippen LogP contribution in [-0.2, 0) is 38.0 Å². The quantitative estimate of drug-likeness (QED) is 0.0986. The summed E-state index contributed by atoms with van der Waals surface area (Å²) in [5.41, 5.74) is -0.801. The molecule has 8 aliphatic rings. The Labute approximate surface area is 373 Å². The smallest absolute Gasteiger partial charge is 0.187 e. The first-order valence-electron chi connectivity index (χ1n) is 23.7. The summed E-state index contributed by atoms with van der Waals surface area (Å²) in [5.74, 6) is -1.02. The van der Waals surface area contributed by atoms with E-state index >= 15 is 0 Å². The van der Waals surface area contributed by atoms with Crippen LogP contribution in [0.4, 0.5) is 0 Å². The van der Waals surface area contributed by atoms with Gasteiger partial charge < -0.3 is 89.3 Å². The maximum absolute atomic E-state index is 14.7. The summed E-state index contributed by atoms with van der Waals surface area (Å²) in [5, 5.41) is 115. The Hall–Kier alpha value is -1.05. The highest BCUT2D eigenvalue weighted by Crippen LogP contribution is 2.70. The lowest BCUT2D eigenvalue weighted by molar-refractivity contribution is -0.361. The molecule has 0 unspecified atom stereocenters. The summed E-state index contributed by atoms with van der Waals surface area (Å²) >= 11 is 0. The van der Waals surface area contributed by atoms with Crippen molar-refractivity contribution in [1.82, 2.24) is 0 Å². The third-order valence-corrected chi connectivity index (χ3v) is 17.8. The van der Waals surface area contributed by atoms with Gasteiger partial charge in [0.2, 0.25) is 0 Å². The van der Waals surface area contributed by atoms with Crippen LogP contribution in [0.5, 0.6) is 0 Å². The van der Waals surface area contributed by atoms with Crippen LogP contribution in [0.2, 0.25) is 0 Å². The molecule has 0 aromatic rings. The number of hydrogen-bond donors (Lipinski definition) is 11. The highest BCUT2D eigenvalue weighted by molar-refractivity contribution is 5.87. The van der Waals surface area contributed by atoms with Gasteiger partial charge in [0.25, 0.3) is 0 Å². The fourth-order valence-electron chi connectivity index (χ4n) is 13.8. The Morgan fingerprint density at radius 3 is 2.08 bits per heavy atom. The first-order chi connectivity index (χ1) is 30.2. The molecule has 19 nitrogen and oxygen atoms in total. The molecule has 64 heavy (non-hydrogen) atoms. The molecule has 4 aliphatic carbocycles. The van der Waals surface area contributed by atoms with Gasteiger partial charge in [0.15, 0.2) is 24.7 Å². The van der Waals surface area contributed by atoms with Crippen molar-refractivity contribution < 1.29 is 94.1 Å². The fourth-order valence-corrected chi connectivity index (χ4v) is 13.8. The Kier molecular flexibility index (Phi) is 14.4. The van der Waals surface area contributed by atoms with E-state index in [0.29, 0.717) is 44.4 Å². The first kappa shape index (κ1) is 49.4. The van der Waals surface area contributed by atoms with Crippen LogP contribution in [0.3, 0.4) is 0 Å².